The molecule has 7 heteroatoms. The molecule has 0 saturated carbocycles. The zero-order valence-electron chi connectivity index (χ0n) is 17.8. The first-order valence-corrected chi connectivity index (χ1v) is 12.3. The van der Waals surface area contributed by atoms with Crippen molar-refractivity contribution in [2.24, 2.45) is 0 Å². The molecule has 0 N–H and O–H groups in total. The summed E-state index contributed by atoms with van der Waals surface area (Å²) in [4.78, 5) is 16.1. The summed E-state index contributed by atoms with van der Waals surface area (Å²) in [5, 5.41) is 10.6. The van der Waals surface area contributed by atoms with Gasteiger partial charge in [-0.25, -0.2) is 4.39 Å². The summed E-state index contributed by atoms with van der Waals surface area (Å²) in [7, 11) is 0. The molecule has 2 aromatic carbocycles. The molecule has 4 rings (SSSR count). The number of rotatable bonds is 6. The highest BCUT2D eigenvalue weighted by Gasteiger charge is 2.27. The van der Waals surface area contributed by atoms with Crippen molar-refractivity contribution in [2.75, 3.05) is 13.1 Å². The zero-order valence-corrected chi connectivity index (χ0v) is 19.4. The third-order valence-corrected chi connectivity index (χ3v) is 7.45. The topological polar surface area (TPSA) is 46.1 Å². The van der Waals surface area contributed by atoms with Crippen LogP contribution < -0.4 is 0 Å². The molecule has 1 aliphatic rings. The molecule has 1 saturated heterocycles. The van der Waals surface area contributed by atoms with Crippen LogP contribution in [0, 0.1) is 5.82 Å². The molecule has 0 radical (unpaired) electrons. The van der Waals surface area contributed by atoms with Crippen molar-refractivity contribution >= 4 is 29.0 Å². The second kappa shape index (κ2) is 9.92. The Morgan fingerprint density at radius 3 is 2.71 bits per heavy atom. The van der Waals surface area contributed by atoms with Gasteiger partial charge < -0.3 is 4.90 Å². The highest BCUT2D eigenvalue weighted by Crippen LogP contribution is 2.33. The van der Waals surface area contributed by atoms with E-state index in [1.807, 2.05) is 16.7 Å². The number of amides is 1. The first kappa shape index (κ1) is 22.0. The number of nitrogens with zero attached hydrogens (tertiary/aromatic N) is 3. The van der Waals surface area contributed by atoms with Gasteiger partial charge in [0.2, 0.25) is 5.91 Å². The number of hydrogen-bond donors (Lipinski definition) is 0. The van der Waals surface area contributed by atoms with Crippen LogP contribution in [0.3, 0.4) is 0 Å². The molecule has 4 nitrogen and oxygen atoms in total. The number of carbonyl (C=O) groups is 1. The van der Waals surface area contributed by atoms with Crippen molar-refractivity contribution in [3.63, 3.8) is 0 Å². The van der Waals surface area contributed by atoms with Gasteiger partial charge >= 0.3 is 0 Å². The number of benzene rings is 2. The highest BCUT2D eigenvalue weighted by atomic mass is 32.2. The van der Waals surface area contributed by atoms with Crippen LogP contribution in [0.5, 0.6) is 0 Å². The average molecular weight is 456 g/mol. The number of carbonyl (C=O) groups excluding carboxylic acids is 1. The molecule has 1 amide bonds. The van der Waals surface area contributed by atoms with Gasteiger partial charge in [0.1, 0.15) is 10.8 Å². The smallest absolute Gasteiger partial charge is 0.227 e. The van der Waals surface area contributed by atoms with Crippen LogP contribution in [0.25, 0.3) is 10.6 Å². The lowest BCUT2D eigenvalue weighted by Gasteiger charge is -2.31. The van der Waals surface area contributed by atoms with E-state index >= 15 is 0 Å². The van der Waals surface area contributed by atoms with E-state index in [-0.39, 0.29) is 17.6 Å². The fraction of sp³-hybridized carbons (Fsp3) is 0.375. The third-order valence-electron chi connectivity index (χ3n) is 5.32. The largest absolute Gasteiger partial charge is 0.342 e. The standard InChI is InChI=1S/C24H26FN3OS2/c1-16(2)30-19-11-9-17(10-12-19)14-22(29)28-13-5-6-18(15-28)23-26-27-24(31-23)20-7-3-4-8-21(20)25/h3-4,7-12,16,18H,5-6,13-15H2,1-2H3. The van der Waals surface area contributed by atoms with Crippen LogP contribution in [-0.2, 0) is 11.2 Å². The average Bonchev–Trinajstić information content (AvgIpc) is 3.25. The predicted molar refractivity (Wildman–Crippen MR) is 125 cm³/mol. The Bertz CT molecular complexity index is 1040. The normalized spacial score (nSPS) is 16.6. The summed E-state index contributed by atoms with van der Waals surface area (Å²) >= 11 is 3.25. The van der Waals surface area contributed by atoms with Gasteiger partial charge in [-0.15, -0.1) is 22.0 Å². The van der Waals surface area contributed by atoms with Gasteiger partial charge in [0.05, 0.1) is 6.42 Å². The Labute approximate surface area is 190 Å². The quantitative estimate of drug-likeness (QED) is 0.441. The lowest BCUT2D eigenvalue weighted by atomic mass is 9.98. The molecule has 3 aromatic rings. The van der Waals surface area contributed by atoms with E-state index in [2.05, 4.69) is 48.3 Å². The Morgan fingerprint density at radius 2 is 1.97 bits per heavy atom. The van der Waals surface area contributed by atoms with Crippen LogP contribution in [0.1, 0.15) is 43.2 Å². The molecular weight excluding hydrogens is 429 g/mol. The summed E-state index contributed by atoms with van der Waals surface area (Å²) in [6.45, 7) is 5.76. The summed E-state index contributed by atoms with van der Waals surface area (Å²) in [5.74, 6) is 0.0109. The molecule has 2 heterocycles. The molecule has 1 unspecified atom stereocenters. The van der Waals surface area contributed by atoms with Gasteiger partial charge in [0.15, 0.2) is 5.01 Å². The molecular formula is C24H26FN3OS2. The van der Waals surface area contributed by atoms with E-state index in [4.69, 9.17) is 0 Å². The van der Waals surface area contributed by atoms with E-state index in [9.17, 15) is 9.18 Å². The summed E-state index contributed by atoms with van der Waals surface area (Å²) in [5.41, 5.74) is 1.52. The Hall–Kier alpha value is -2.25. The van der Waals surface area contributed by atoms with Gasteiger partial charge in [-0.2, -0.15) is 0 Å². The van der Waals surface area contributed by atoms with Crippen molar-refractivity contribution < 1.29 is 9.18 Å². The lowest BCUT2D eigenvalue weighted by molar-refractivity contribution is -0.131. The van der Waals surface area contributed by atoms with Gasteiger partial charge in [-0.05, 0) is 42.7 Å². The molecule has 1 aromatic heterocycles. The monoisotopic (exact) mass is 455 g/mol. The van der Waals surface area contributed by atoms with Crippen LogP contribution in [0.4, 0.5) is 4.39 Å². The van der Waals surface area contributed by atoms with Crippen LogP contribution in [0.15, 0.2) is 53.4 Å². The number of hydrogen-bond acceptors (Lipinski definition) is 5. The number of likely N-dealkylation sites (tertiary alicyclic amines) is 1. The summed E-state index contributed by atoms with van der Waals surface area (Å²) in [6, 6.07) is 14.9. The highest BCUT2D eigenvalue weighted by molar-refractivity contribution is 7.99. The van der Waals surface area contributed by atoms with Gasteiger partial charge in [0.25, 0.3) is 0 Å². The Balaban J connectivity index is 1.39. The predicted octanol–water partition coefficient (Wildman–Crippen LogP) is 5.79. The van der Waals surface area contributed by atoms with Crippen LogP contribution in [-0.4, -0.2) is 39.3 Å². The van der Waals surface area contributed by atoms with E-state index in [1.165, 1.54) is 22.3 Å². The fourth-order valence-electron chi connectivity index (χ4n) is 3.79. The van der Waals surface area contributed by atoms with Crippen molar-refractivity contribution in [3.05, 3.63) is 64.9 Å². The van der Waals surface area contributed by atoms with Crippen molar-refractivity contribution in [3.8, 4) is 10.6 Å². The number of aromatic nitrogens is 2. The van der Waals surface area contributed by atoms with E-state index < -0.39 is 0 Å². The molecule has 1 aliphatic heterocycles. The Kier molecular flexibility index (Phi) is 7.02. The van der Waals surface area contributed by atoms with E-state index in [1.54, 1.807) is 18.2 Å². The van der Waals surface area contributed by atoms with Crippen molar-refractivity contribution in [1.82, 2.24) is 15.1 Å². The van der Waals surface area contributed by atoms with Gasteiger partial charge in [0, 0.05) is 34.7 Å². The van der Waals surface area contributed by atoms with E-state index in [0.29, 0.717) is 28.8 Å². The second-order valence-corrected chi connectivity index (χ2v) is 10.8. The van der Waals surface area contributed by atoms with Crippen molar-refractivity contribution in [1.29, 1.82) is 0 Å². The molecule has 0 aliphatic carbocycles. The molecule has 0 bridgehead atoms. The van der Waals surface area contributed by atoms with Gasteiger partial charge in [-0.3, -0.25) is 4.79 Å². The number of thioether (sulfide) groups is 1. The first-order valence-electron chi connectivity index (χ1n) is 10.6. The molecule has 31 heavy (non-hydrogen) atoms. The maximum Gasteiger partial charge on any atom is 0.227 e. The Morgan fingerprint density at radius 1 is 1.19 bits per heavy atom. The van der Waals surface area contributed by atoms with Crippen LogP contribution >= 0.6 is 23.1 Å². The summed E-state index contributed by atoms with van der Waals surface area (Å²) in [6.07, 6.45) is 2.32. The van der Waals surface area contributed by atoms with Crippen molar-refractivity contribution in [2.45, 2.75) is 49.2 Å². The minimum Gasteiger partial charge on any atom is -0.342 e. The number of piperidine rings is 1. The lowest BCUT2D eigenvalue weighted by Crippen LogP contribution is -2.39. The third kappa shape index (κ3) is 5.52. The molecule has 0 spiro atoms. The first-order chi connectivity index (χ1) is 15.0. The zero-order chi connectivity index (χ0) is 21.8. The van der Waals surface area contributed by atoms with Gasteiger partial charge in [-0.1, -0.05) is 49.4 Å². The minimum atomic E-state index is -0.288. The molecule has 1 atom stereocenters. The fourth-order valence-corrected chi connectivity index (χ4v) is 5.63. The minimum absolute atomic E-state index is 0.146. The summed E-state index contributed by atoms with van der Waals surface area (Å²) < 4.78 is 14.1. The maximum absolute atomic E-state index is 14.1. The van der Waals surface area contributed by atoms with Crippen LogP contribution in [0.2, 0.25) is 0 Å². The molecule has 162 valence electrons. The second-order valence-electron chi connectivity index (χ2n) is 8.09. The SMILES string of the molecule is CC(C)Sc1ccc(CC(=O)N2CCCC(c3nnc(-c4ccccc4F)s3)C2)cc1. The van der Waals surface area contributed by atoms with E-state index in [0.717, 1.165) is 30.0 Å². The number of halogens is 1. The molecule has 1 fully saturated rings. The maximum atomic E-state index is 14.1.